The van der Waals surface area contributed by atoms with Gasteiger partial charge in [-0.2, -0.15) is 0 Å². The summed E-state index contributed by atoms with van der Waals surface area (Å²) in [5, 5.41) is 11.6. The lowest BCUT2D eigenvalue weighted by Crippen LogP contribution is -2.24. The lowest BCUT2D eigenvalue weighted by molar-refractivity contribution is -0.115. The summed E-state index contributed by atoms with van der Waals surface area (Å²) in [5.41, 5.74) is 4.18. The number of anilines is 2. The van der Waals surface area contributed by atoms with Gasteiger partial charge in [0.05, 0.1) is 21.5 Å². The fourth-order valence-corrected chi connectivity index (χ4v) is 6.66. The molecular weight excluding hydrogens is 565 g/mol. The summed E-state index contributed by atoms with van der Waals surface area (Å²) < 4.78 is 27.7. The first-order valence-corrected chi connectivity index (χ1v) is 15.6. The second-order valence-corrected chi connectivity index (χ2v) is 12.8. The Hall–Kier alpha value is -4.00. The molecule has 12 heteroatoms. The highest BCUT2D eigenvalue weighted by Crippen LogP contribution is 2.34. The topological polar surface area (TPSA) is 130 Å². The number of carbonyl (C=O) groups excluding carboxylic acids is 1. The average Bonchev–Trinajstić information content (AvgIpc) is 3.58. The predicted octanol–water partition coefficient (Wildman–Crippen LogP) is 6.21. The van der Waals surface area contributed by atoms with Gasteiger partial charge >= 0.3 is 0 Å². The number of rotatable bonds is 10. The summed E-state index contributed by atoms with van der Waals surface area (Å²) in [4.78, 5) is 21.5. The number of nitrogens with one attached hydrogen (secondary N) is 3. The first kappa shape index (κ1) is 27.6. The summed E-state index contributed by atoms with van der Waals surface area (Å²) in [6.45, 7) is 3.68. The van der Waals surface area contributed by atoms with Gasteiger partial charge in [0.25, 0.3) is 10.0 Å². The quantitative estimate of drug-likeness (QED) is 0.165. The van der Waals surface area contributed by atoms with Crippen molar-refractivity contribution in [3.8, 4) is 22.5 Å². The van der Waals surface area contributed by atoms with E-state index in [0.717, 1.165) is 33.9 Å². The Morgan fingerprint density at radius 2 is 1.60 bits per heavy atom. The molecule has 1 unspecified atom stereocenters. The molecule has 2 heterocycles. The normalized spacial score (nSPS) is 12.2. The van der Waals surface area contributed by atoms with E-state index in [9.17, 15) is 13.2 Å². The van der Waals surface area contributed by atoms with Crippen molar-refractivity contribution in [3.63, 3.8) is 0 Å². The van der Waals surface area contributed by atoms with Crippen LogP contribution in [0, 0.1) is 6.92 Å². The highest BCUT2D eigenvalue weighted by Gasteiger charge is 2.23. The number of thioether (sulfide) groups is 1. The van der Waals surface area contributed by atoms with Crippen LogP contribution in [0.2, 0.25) is 0 Å². The molecule has 0 fully saturated rings. The minimum absolute atomic E-state index is 0.0530. The molecule has 5 aromatic rings. The van der Waals surface area contributed by atoms with Crippen molar-refractivity contribution in [2.45, 2.75) is 35.6 Å². The number of aromatic nitrogens is 4. The van der Waals surface area contributed by atoms with Gasteiger partial charge in [-0.3, -0.25) is 9.52 Å². The molecule has 0 saturated carbocycles. The van der Waals surface area contributed by atoms with E-state index in [1.54, 1.807) is 19.1 Å². The van der Waals surface area contributed by atoms with Gasteiger partial charge < -0.3 is 10.3 Å². The van der Waals surface area contributed by atoms with Crippen LogP contribution < -0.4 is 10.0 Å². The maximum atomic E-state index is 13.2. The van der Waals surface area contributed by atoms with Crippen molar-refractivity contribution in [2.75, 3.05) is 10.0 Å². The molecule has 204 valence electrons. The predicted molar refractivity (Wildman–Crippen MR) is 160 cm³/mol. The SMILES string of the molecule is CCC(Sc1nc(-c2ccccc2)c(-c2ccccc2)[nH]1)C(=O)Nc1ccc(S(=O)(=O)Nc2nnc(C)s2)cc1. The number of sulfonamides is 1. The molecule has 40 heavy (non-hydrogen) atoms. The molecule has 0 aliphatic carbocycles. The zero-order chi connectivity index (χ0) is 28.1. The maximum absolute atomic E-state index is 13.2. The van der Waals surface area contributed by atoms with Gasteiger partial charge in [0, 0.05) is 16.8 Å². The van der Waals surface area contributed by atoms with Crippen LogP contribution in [0.4, 0.5) is 10.8 Å². The largest absolute Gasteiger partial charge is 0.332 e. The second-order valence-electron chi connectivity index (χ2n) is 8.76. The number of amides is 1. The Balaban J connectivity index is 1.30. The molecule has 5 rings (SSSR count). The molecule has 2 aromatic heterocycles. The molecule has 1 atom stereocenters. The molecule has 0 aliphatic rings. The lowest BCUT2D eigenvalue weighted by atomic mass is 10.1. The van der Waals surface area contributed by atoms with Crippen LogP contribution in [-0.2, 0) is 14.8 Å². The Morgan fingerprint density at radius 3 is 2.20 bits per heavy atom. The van der Waals surface area contributed by atoms with Crippen LogP contribution in [0.1, 0.15) is 18.4 Å². The van der Waals surface area contributed by atoms with Crippen molar-refractivity contribution < 1.29 is 13.2 Å². The molecule has 0 spiro atoms. The first-order chi connectivity index (χ1) is 19.3. The Morgan fingerprint density at radius 1 is 0.950 bits per heavy atom. The number of hydrogen-bond donors (Lipinski definition) is 3. The summed E-state index contributed by atoms with van der Waals surface area (Å²) in [5.74, 6) is -0.204. The number of imidazole rings is 1. The van der Waals surface area contributed by atoms with E-state index < -0.39 is 15.3 Å². The lowest BCUT2D eigenvalue weighted by Gasteiger charge is -2.14. The number of H-pyrrole nitrogens is 1. The highest BCUT2D eigenvalue weighted by molar-refractivity contribution is 8.00. The molecule has 0 bridgehead atoms. The fourth-order valence-electron chi connectivity index (χ4n) is 3.93. The third-order valence-electron chi connectivity index (χ3n) is 5.89. The minimum atomic E-state index is -3.83. The zero-order valence-corrected chi connectivity index (χ0v) is 24.1. The highest BCUT2D eigenvalue weighted by atomic mass is 32.2. The molecule has 0 saturated heterocycles. The van der Waals surface area contributed by atoms with Crippen molar-refractivity contribution in [3.05, 3.63) is 89.9 Å². The van der Waals surface area contributed by atoms with E-state index in [2.05, 4.69) is 25.2 Å². The number of nitrogens with zero attached hydrogens (tertiary/aromatic N) is 3. The van der Waals surface area contributed by atoms with E-state index >= 15 is 0 Å². The van der Waals surface area contributed by atoms with Gasteiger partial charge in [-0.25, -0.2) is 13.4 Å². The molecule has 3 N–H and O–H groups in total. The van der Waals surface area contributed by atoms with Crippen LogP contribution in [0.5, 0.6) is 0 Å². The van der Waals surface area contributed by atoms with Crippen LogP contribution in [0.3, 0.4) is 0 Å². The van der Waals surface area contributed by atoms with E-state index in [4.69, 9.17) is 4.98 Å². The first-order valence-electron chi connectivity index (χ1n) is 12.4. The molecule has 9 nitrogen and oxygen atoms in total. The Kier molecular flexibility index (Phi) is 8.29. The number of hydrogen-bond acceptors (Lipinski definition) is 8. The van der Waals surface area contributed by atoms with E-state index in [1.165, 1.54) is 23.9 Å². The van der Waals surface area contributed by atoms with Crippen LogP contribution >= 0.6 is 23.1 Å². The van der Waals surface area contributed by atoms with Crippen LogP contribution in [0.25, 0.3) is 22.5 Å². The van der Waals surface area contributed by atoms with Gasteiger partial charge in [-0.15, -0.1) is 10.2 Å². The number of carbonyl (C=O) groups is 1. The average molecular weight is 591 g/mol. The van der Waals surface area contributed by atoms with Crippen molar-refractivity contribution in [2.24, 2.45) is 0 Å². The van der Waals surface area contributed by atoms with Crippen molar-refractivity contribution in [1.29, 1.82) is 0 Å². The Bertz CT molecular complexity index is 1650. The molecule has 0 radical (unpaired) electrons. The van der Waals surface area contributed by atoms with Crippen LogP contribution in [-0.4, -0.2) is 39.7 Å². The monoisotopic (exact) mass is 590 g/mol. The molecular formula is C28H26N6O3S3. The third-order valence-corrected chi connectivity index (χ3v) is 9.38. The van der Waals surface area contributed by atoms with E-state index in [-0.39, 0.29) is 15.9 Å². The summed E-state index contributed by atoms with van der Waals surface area (Å²) in [7, 11) is -3.83. The third kappa shape index (κ3) is 6.41. The second kappa shape index (κ2) is 12.0. The van der Waals surface area contributed by atoms with Gasteiger partial charge in [-0.1, -0.05) is 90.7 Å². The number of aryl methyl sites for hydroxylation is 1. The van der Waals surface area contributed by atoms with Crippen LogP contribution in [0.15, 0.2) is 95.0 Å². The molecule has 0 aliphatic heterocycles. The van der Waals surface area contributed by atoms with Gasteiger partial charge in [0.1, 0.15) is 5.01 Å². The fraction of sp³-hybridized carbons (Fsp3) is 0.143. The zero-order valence-electron chi connectivity index (χ0n) is 21.7. The maximum Gasteiger partial charge on any atom is 0.263 e. The number of aromatic amines is 1. The standard InChI is InChI=1S/C28H26N6O3S3/c1-3-23(26(35)29-21-14-16-22(17-15-21)40(36,37)34-28-33-32-18(2)38-28)39-27-30-24(19-10-6-4-7-11-19)25(31-27)20-12-8-5-9-13-20/h4-17,23H,3H2,1-2H3,(H,29,35)(H,30,31)(H,33,34). The summed E-state index contributed by atoms with van der Waals surface area (Å²) in [6, 6.07) is 25.9. The molecule has 1 amide bonds. The number of benzene rings is 3. The van der Waals surface area contributed by atoms with Gasteiger partial charge in [-0.05, 0) is 37.6 Å². The van der Waals surface area contributed by atoms with Crippen molar-refractivity contribution >= 4 is 49.8 Å². The van der Waals surface area contributed by atoms with E-state index in [0.29, 0.717) is 22.3 Å². The minimum Gasteiger partial charge on any atom is -0.332 e. The molecule has 3 aromatic carbocycles. The van der Waals surface area contributed by atoms with Crippen molar-refractivity contribution in [1.82, 2.24) is 20.2 Å². The smallest absolute Gasteiger partial charge is 0.263 e. The summed E-state index contributed by atoms with van der Waals surface area (Å²) >= 11 is 2.50. The summed E-state index contributed by atoms with van der Waals surface area (Å²) in [6.07, 6.45) is 0.566. The Labute approximate surface area is 240 Å². The van der Waals surface area contributed by atoms with Gasteiger partial charge in [0.2, 0.25) is 11.0 Å². The van der Waals surface area contributed by atoms with E-state index in [1.807, 2.05) is 67.6 Å². The van der Waals surface area contributed by atoms with Gasteiger partial charge in [0.15, 0.2) is 5.16 Å².